The third kappa shape index (κ3) is 4.40. The number of rotatable bonds is 7. The van der Waals surface area contributed by atoms with Crippen molar-refractivity contribution in [1.29, 1.82) is 0 Å². The highest BCUT2D eigenvalue weighted by Gasteiger charge is 2.26. The quantitative estimate of drug-likeness (QED) is 0.579. The van der Waals surface area contributed by atoms with Gasteiger partial charge < -0.3 is 24.4 Å². The Kier molecular flexibility index (Phi) is 5.98. The number of likely N-dealkylation sites (N-methyl/N-ethyl adjacent to an activating group) is 1. The Labute approximate surface area is 158 Å². The van der Waals surface area contributed by atoms with Crippen LogP contribution in [0, 0.1) is 5.92 Å². The van der Waals surface area contributed by atoms with E-state index >= 15 is 0 Å². The second kappa shape index (κ2) is 8.41. The van der Waals surface area contributed by atoms with E-state index in [0.717, 1.165) is 35.2 Å². The molecule has 146 valence electrons. The Balaban J connectivity index is 1.73. The van der Waals surface area contributed by atoms with Crippen molar-refractivity contribution in [2.75, 3.05) is 47.6 Å². The third-order valence-electron chi connectivity index (χ3n) is 4.62. The van der Waals surface area contributed by atoms with Gasteiger partial charge in [0.25, 0.3) is 0 Å². The van der Waals surface area contributed by atoms with Crippen LogP contribution in [0.5, 0.6) is 5.75 Å². The highest BCUT2D eigenvalue weighted by molar-refractivity contribution is 5.92. The van der Waals surface area contributed by atoms with E-state index in [0.29, 0.717) is 13.1 Å². The monoisotopic (exact) mass is 375 g/mol. The SMILES string of the molecule is COc1ccc2c(c1)c(CCN(C)C)cn2C(=O)OCOC(=O)C1CNC1. The molecule has 0 bridgehead atoms. The normalized spacial score (nSPS) is 14.2. The van der Waals surface area contributed by atoms with E-state index in [9.17, 15) is 9.59 Å². The fourth-order valence-corrected chi connectivity index (χ4v) is 2.88. The molecule has 1 N–H and O–H groups in total. The van der Waals surface area contributed by atoms with Crippen LogP contribution in [0.2, 0.25) is 0 Å². The van der Waals surface area contributed by atoms with Crippen molar-refractivity contribution in [2.24, 2.45) is 5.92 Å². The minimum Gasteiger partial charge on any atom is -0.497 e. The van der Waals surface area contributed by atoms with Gasteiger partial charge >= 0.3 is 12.1 Å². The van der Waals surface area contributed by atoms with Gasteiger partial charge in [0, 0.05) is 31.2 Å². The first kappa shape index (κ1) is 19.2. The zero-order valence-electron chi connectivity index (χ0n) is 15.9. The van der Waals surface area contributed by atoms with Gasteiger partial charge in [-0.05, 0) is 44.3 Å². The van der Waals surface area contributed by atoms with E-state index in [1.807, 2.05) is 26.2 Å². The van der Waals surface area contributed by atoms with Gasteiger partial charge in [-0.3, -0.25) is 9.36 Å². The molecule has 0 amide bonds. The first-order valence-electron chi connectivity index (χ1n) is 8.86. The average Bonchev–Trinajstić information content (AvgIpc) is 2.96. The molecule has 1 aliphatic heterocycles. The predicted molar refractivity (Wildman–Crippen MR) is 99.9 cm³/mol. The van der Waals surface area contributed by atoms with Crippen molar-refractivity contribution in [3.63, 3.8) is 0 Å². The van der Waals surface area contributed by atoms with E-state index < -0.39 is 12.9 Å². The molecule has 2 aromatic rings. The zero-order valence-corrected chi connectivity index (χ0v) is 15.9. The number of carbonyl (C=O) groups excluding carboxylic acids is 2. The van der Waals surface area contributed by atoms with Gasteiger partial charge in [-0.25, -0.2) is 4.79 Å². The molecule has 1 aromatic carbocycles. The summed E-state index contributed by atoms with van der Waals surface area (Å²) in [6, 6.07) is 5.53. The number of hydrogen-bond acceptors (Lipinski definition) is 7. The number of methoxy groups -OCH3 is 1. The van der Waals surface area contributed by atoms with Crippen LogP contribution in [0.15, 0.2) is 24.4 Å². The Morgan fingerprint density at radius 2 is 2.04 bits per heavy atom. The minimum absolute atomic E-state index is 0.152. The third-order valence-corrected chi connectivity index (χ3v) is 4.62. The summed E-state index contributed by atoms with van der Waals surface area (Å²) < 4.78 is 16.9. The molecule has 8 nitrogen and oxygen atoms in total. The molecule has 1 fully saturated rings. The van der Waals surface area contributed by atoms with Crippen molar-refractivity contribution >= 4 is 23.0 Å². The Morgan fingerprint density at radius 1 is 1.26 bits per heavy atom. The molecular formula is C19H25N3O5. The van der Waals surface area contributed by atoms with Gasteiger partial charge in [0.1, 0.15) is 5.75 Å². The molecule has 0 radical (unpaired) electrons. The highest BCUT2D eigenvalue weighted by Crippen LogP contribution is 2.27. The van der Waals surface area contributed by atoms with Crippen LogP contribution < -0.4 is 10.1 Å². The van der Waals surface area contributed by atoms with Crippen LogP contribution in [0.4, 0.5) is 4.79 Å². The summed E-state index contributed by atoms with van der Waals surface area (Å²) >= 11 is 0. The van der Waals surface area contributed by atoms with Crippen molar-refractivity contribution in [1.82, 2.24) is 14.8 Å². The fraction of sp³-hybridized carbons (Fsp3) is 0.474. The van der Waals surface area contributed by atoms with Crippen LogP contribution in [0.25, 0.3) is 10.9 Å². The first-order chi connectivity index (χ1) is 13.0. The Bertz CT molecular complexity index is 826. The first-order valence-corrected chi connectivity index (χ1v) is 8.86. The van der Waals surface area contributed by atoms with Gasteiger partial charge in [0.05, 0.1) is 18.5 Å². The molecular weight excluding hydrogens is 350 g/mol. The number of nitrogens with zero attached hydrogens (tertiary/aromatic N) is 2. The summed E-state index contributed by atoms with van der Waals surface area (Å²) in [5.74, 6) is 0.222. The molecule has 0 spiro atoms. The number of hydrogen-bond donors (Lipinski definition) is 1. The number of nitrogens with one attached hydrogen (secondary N) is 1. The maximum Gasteiger partial charge on any atom is 0.421 e. The molecule has 8 heteroatoms. The lowest BCUT2D eigenvalue weighted by Gasteiger charge is -2.24. The Hall–Kier alpha value is -2.58. The second-order valence-corrected chi connectivity index (χ2v) is 6.81. The lowest BCUT2D eigenvalue weighted by atomic mass is 10.0. The molecule has 0 saturated carbocycles. The molecule has 1 aromatic heterocycles. The van der Waals surface area contributed by atoms with Crippen molar-refractivity contribution in [3.8, 4) is 5.75 Å². The molecule has 1 saturated heterocycles. The molecule has 0 unspecified atom stereocenters. The lowest BCUT2D eigenvalue weighted by Crippen LogP contribution is -2.47. The standard InChI is InChI=1S/C19H25N3O5/c1-21(2)7-6-13-11-22(17-5-4-15(25-3)8-16(13)17)19(24)27-12-26-18(23)14-9-20-10-14/h4-5,8,11,14,20H,6-7,9-10,12H2,1-3H3. The van der Waals surface area contributed by atoms with Gasteiger partial charge in [-0.15, -0.1) is 0 Å². The smallest absolute Gasteiger partial charge is 0.421 e. The lowest BCUT2D eigenvalue weighted by molar-refractivity contribution is -0.158. The number of fused-ring (bicyclic) bond motifs is 1. The Morgan fingerprint density at radius 3 is 2.67 bits per heavy atom. The van der Waals surface area contributed by atoms with Crippen molar-refractivity contribution in [2.45, 2.75) is 6.42 Å². The molecule has 1 aliphatic rings. The molecule has 27 heavy (non-hydrogen) atoms. The van der Waals surface area contributed by atoms with Crippen LogP contribution in [0.1, 0.15) is 5.56 Å². The number of esters is 1. The molecule has 0 aliphatic carbocycles. The molecule has 0 atom stereocenters. The van der Waals surface area contributed by atoms with E-state index in [2.05, 4.69) is 10.2 Å². The topological polar surface area (TPSA) is 82.0 Å². The van der Waals surface area contributed by atoms with Gasteiger partial charge in [0.15, 0.2) is 0 Å². The number of ether oxygens (including phenoxy) is 3. The van der Waals surface area contributed by atoms with E-state index in [1.54, 1.807) is 19.4 Å². The minimum atomic E-state index is -0.583. The van der Waals surface area contributed by atoms with E-state index in [1.165, 1.54) is 4.57 Å². The largest absolute Gasteiger partial charge is 0.497 e. The second-order valence-electron chi connectivity index (χ2n) is 6.81. The summed E-state index contributed by atoms with van der Waals surface area (Å²) in [5, 5.41) is 3.93. The van der Waals surface area contributed by atoms with Gasteiger partial charge in [-0.2, -0.15) is 0 Å². The predicted octanol–water partition coefficient (Wildman–Crippen LogP) is 1.46. The van der Waals surface area contributed by atoms with Crippen LogP contribution >= 0.6 is 0 Å². The van der Waals surface area contributed by atoms with E-state index in [-0.39, 0.29) is 11.9 Å². The molecule has 3 rings (SSSR count). The maximum atomic E-state index is 12.5. The summed E-state index contributed by atoms with van der Waals surface area (Å²) in [7, 11) is 5.61. The number of aromatic nitrogens is 1. The fourth-order valence-electron chi connectivity index (χ4n) is 2.88. The average molecular weight is 375 g/mol. The summed E-state index contributed by atoms with van der Waals surface area (Å²) in [6.45, 7) is 1.66. The number of carbonyl (C=O) groups is 2. The summed E-state index contributed by atoms with van der Waals surface area (Å²) in [5.41, 5.74) is 1.75. The van der Waals surface area contributed by atoms with E-state index in [4.69, 9.17) is 14.2 Å². The summed E-state index contributed by atoms with van der Waals surface area (Å²) in [4.78, 5) is 26.3. The van der Waals surface area contributed by atoms with Crippen LogP contribution in [-0.4, -0.2) is 69.2 Å². The summed E-state index contributed by atoms with van der Waals surface area (Å²) in [6.07, 6.45) is 1.97. The number of benzene rings is 1. The van der Waals surface area contributed by atoms with Crippen molar-refractivity contribution in [3.05, 3.63) is 30.0 Å². The van der Waals surface area contributed by atoms with Gasteiger partial charge in [-0.1, -0.05) is 0 Å². The zero-order chi connectivity index (χ0) is 19.4. The van der Waals surface area contributed by atoms with Crippen LogP contribution in [0.3, 0.4) is 0 Å². The maximum absolute atomic E-state index is 12.5. The van der Waals surface area contributed by atoms with Crippen LogP contribution in [-0.2, 0) is 20.7 Å². The van der Waals surface area contributed by atoms with Crippen molar-refractivity contribution < 1.29 is 23.8 Å². The highest BCUT2D eigenvalue weighted by atomic mass is 16.7. The van der Waals surface area contributed by atoms with Gasteiger partial charge in [0.2, 0.25) is 6.79 Å². The molecule has 2 heterocycles.